The fourth-order valence-corrected chi connectivity index (χ4v) is 3.04. The van der Waals surface area contributed by atoms with E-state index in [1.54, 1.807) is 12.1 Å². The summed E-state index contributed by atoms with van der Waals surface area (Å²) in [6.45, 7) is 6.98. The second-order valence-corrected chi connectivity index (χ2v) is 5.85. The first-order valence-electron chi connectivity index (χ1n) is 5.78. The maximum atomic E-state index is 12.1. The molecule has 0 heterocycles. The van der Waals surface area contributed by atoms with Crippen LogP contribution in [-0.4, -0.2) is 21.0 Å². The molecule has 4 nitrogen and oxygen atoms in total. The molecular formula is C12H20N2O2S. The van der Waals surface area contributed by atoms with Crippen molar-refractivity contribution in [2.24, 2.45) is 0 Å². The third-order valence-corrected chi connectivity index (χ3v) is 3.98. The third-order valence-electron chi connectivity index (χ3n) is 2.22. The van der Waals surface area contributed by atoms with Crippen LogP contribution in [0, 0.1) is 0 Å². The monoisotopic (exact) mass is 256 g/mol. The number of nitrogens with one attached hydrogen (secondary N) is 2. The zero-order valence-corrected chi connectivity index (χ0v) is 11.3. The molecule has 0 aliphatic heterocycles. The molecule has 0 radical (unpaired) electrons. The normalized spacial score (nSPS) is 12.0. The number of hydrogen-bond acceptors (Lipinski definition) is 3. The van der Waals surface area contributed by atoms with Crippen molar-refractivity contribution in [1.29, 1.82) is 0 Å². The first-order chi connectivity index (χ1) is 7.97. The van der Waals surface area contributed by atoms with Crippen LogP contribution in [0.5, 0.6) is 0 Å². The summed E-state index contributed by atoms with van der Waals surface area (Å²) in [5.74, 6) is 0. The lowest BCUT2D eigenvalue weighted by Crippen LogP contribution is -2.31. The van der Waals surface area contributed by atoms with Crippen molar-refractivity contribution in [3.63, 3.8) is 0 Å². The van der Waals surface area contributed by atoms with Crippen molar-refractivity contribution in [2.45, 2.75) is 38.3 Å². The molecule has 1 aromatic carbocycles. The Labute approximate surface area is 103 Å². The number of benzene rings is 1. The fraction of sp³-hybridized carbons (Fsp3) is 0.500. The Balaban J connectivity index is 3.04. The lowest BCUT2D eigenvalue weighted by molar-refractivity contribution is 0.567. The van der Waals surface area contributed by atoms with E-state index >= 15 is 0 Å². The molecule has 2 N–H and O–H groups in total. The molecule has 1 aromatic rings. The Morgan fingerprint density at radius 2 is 1.88 bits per heavy atom. The van der Waals surface area contributed by atoms with Gasteiger partial charge in [-0.25, -0.2) is 13.1 Å². The van der Waals surface area contributed by atoms with Crippen LogP contribution < -0.4 is 10.0 Å². The number of rotatable bonds is 6. The Kier molecular flexibility index (Phi) is 5.11. The van der Waals surface area contributed by atoms with E-state index in [-0.39, 0.29) is 6.04 Å². The average molecular weight is 256 g/mol. The van der Waals surface area contributed by atoms with E-state index in [1.165, 1.54) is 0 Å². The van der Waals surface area contributed by atoms with E-state index in [1.807, 2.05) is 32.9 Å². The molecule has 0 saturated heterocycles. The van der Waals surface area contributed by atoms with E-state index in [4.69, 9.17) is 0 Å². The molecule has 0 fully saturated rings. The van der Waals surface area contributed by atoms with Gasteiger partial charge in [0.1, 0.15) is 0 Å². The van der Waals surface area contributed by atoms with Crippen molar-refractivity contribution in [2.75, 3.05) is 6.54 Å². The van der Waals surface area contributed by atoms with E-state index in [2.05, 4.69) is 10.0 Å². The van der Waals surface area contributed by atoms with Gasteiger partial charge in [0.25, 0.3) is 0 Å². The smallest absolute Gasteiger partial charge is 0.241 e. The summed E-state index contributed by atoms with van der Waals surface area (Å²) in [5, 5.41) is 3.14. The van der Waals surface area contributed by atoms with Gasteiger partial charge in [0, 0.05) is 12.6 Å². The highest BCUT2D eigenvalue weighted by Crippen LogP contribution is 2.15. The largest absolute Gasteiger partial charge is 0.313 e. The highest BCUT2D eigenvalue weighted by atomic mass is 32.2. The summed E-state index contributed by atoms with van der Waals surface area (Å²) in [7, 11) is -3.41. The van der Waals surface area contributed by atoms with Crippen molar-refractivity contribution in [1.82, 2.24) is 10.0 Å². The first kappa shape index (κ1) is 14.2. The van der Waals surface area contributed by atoms with Gasteiger partial charge in [0.15, 0.2) is 0 Å². The second kappa shape index (κ2) is 6.14. The minimum atomic E-state index is -3.41. The average Bonchev–Trinajstić information content (AvgIpc) is 2.25. The van der Waals surface area contributed by atoms with Gasteiger partial charge in [-0.3, -0.25) is 0 Å². The molecule has 5 heteroatoms. The van der Waals surface area contributed by atoms with Crippen molar-refractivity contribution in [3.8, 4) is 0 Å². The molecule has 0 unspecified atom stereocenters. The Bertz CT molecular complexity index is 455. The van der Waals surface area contributed by atoms with Crippen molar-refractivity contribution in [3.05, 3.63) is 29.8 Å². The van der Waals surface area contributed by atoms with Gasteiger partial charge in [-0.05, 0) is 32.0 Å². The van der Waals surface area contributed by atoms with Crippen LogP contribution >= 0.6 is 0 Å². The Hall–Kier alpha value is -0.910. The van der Waals surface area contributed by atoms with Crippen molar-refractivity contribution >= 4 is 10.0 Å². The Morgan fingerprint density at radius 3 is 2.47 bits per heavy atom. The molecule has 0 bridgehead atoms. The second-order valence-electron chi connectivity index (χ2n) is 4.16. The molecule has 1 rings (SSSR count). The molecule has 17 heavy (non-hydrogen) atoms. The highest BCUT2D eigenvalue weighted by Gasteiger charge is 2.18. The number of sulfonamides is 1. The molecule has 0 atom stereocenters. The van der Waals surface area contributed by atoms with E-state index in [0.29, 0.717) is 11.4 Å². The molecule has 0 aliphatic carbocycles. The fourth-order valence-electron chi connectivity index (χ4n) is 1.55. The topological polar surface area (TPSA) is 58.2 Å². The SMILES string of the molecule is CCNCc1ccccc1S(=O)(=O)NC(C)C. The van der Waals surface area contributed by atoms with E-state index in [9.17, 15) is 8.42 Å². The molecule has 0 aromatic heterocycles. The molecule has 0 saturated carbocycles. The van der Waals surface area contributed by atoms with Crippen LogP contribution in [0.1, 0.15) is 26.3 Å². The zero-order chi connectivity index (χ0) is 12.9. The van der Waals surface area contributed by atoms with Crippen LogP contribution in [0.3, 0.4) is 0 Å². The van der Waals surface area contributed by atoms with Crippen LogP contribution in [0.15, 0.2) is 29.2 Å². The molecule has 0 aliphatic rings. The van der Waals surface area contributed by atoms with E-state index < -0.39 is 10.0 Å². The van der Waals surface area contributed by atoms with E-state index in [0.717, 1.165) is 12.1 Å². The highest BCUT2D eigenvalue weighted by molar-refractivity contribution is 7.89. The summed E-state index contributed by atoms with van der Waals surface area (Å²) in [4.78, 5) is 0.356. The zero-order valence-electron chi connectivity index (χ0n) is 10.5. The predicted octanol–water partition coefficient (Wildman–Crippen LogP) is 1.48. The van der Waals surface area contributed by atoms with Crippen LogP contribution in [0.2, 0.25) is 0 Å². The minimum absolute atomic E-state index is 0.104. The number of hydrogen-bond donors (Lipinski definition) is 2. The van der Waals surface area contributed by atoms with Crippen LogP contribution in [0.4, 0.5) is 0 Å². The van der Waals surface area contributed by atoms with Crippen molar-refractivity contribution < 1.29 is 8.42 Å². The van der Waals surface area contributed by atoms with Gasteiger partial charge in [-0.15, -0.1) is 0 Å². The lowest BCUT2D eigenvalue weighted by Gasteiger charge is -2.13. The predicted molar refractivity (Wildman–Crippen MR) is 69.3 cm³/mol. The van der Waals surface area contributed by atoms with Gasteiger partial charge in [-0.1, -0.05) is 25.1 Å². The summed E-state index contributed by atoms with van der Waals surface area (Å²) in [6.07, 6.45) is 0. The van der Waals surface area contributed by atoms with Gasteiger partial charge >= 0.3 is 0 Å². The maximum Gasteiger partial charge on any atom is 0.241 e. The Morgan fingerprint density at radius 1 is 1.24 bits per heavy atom. The summed E-state index contributed by atoms with van der Waals surface area (Å²) in [6, 6.07) is 6.95. The standard InChI is InChI=1S/C12H20N2O2S/c1-4-13-9-11-7-5-6-8-12(11)17(15,16)14-10(2)3/h5-8,10,13-14H,4,9H2,1-3H3. The minimum Gasteiger partial charge on any atom is -0.313 e. The van der Waals surface area contributed by atoms with Crippen LogP contribution in [-0.2, 0) is 16.6 Å². The van der Waals surface area contributed by atoms with Gasteiger partial charge in [0.05, 0.1) is 4.90 Å². The van der Waals surface area contributed by atoms with Crippen LogP contribution in [0.25, 0.3) is 0 Å². The quantitative estimate of drug-likeness (QED) is 0.810. The molecule has 96 valence electrons. The third kappa shape index (κ3) is 4.11. The molecule has 0 spiro atoms. The molecular weight excluding hydrogens is 236 g/mol. The lowest BCUT2D eigenvalue weighted by atomic mass is 10.2. The maximum absolute atomic E-state index is 12.1. The van der Waals surface area contributed by atoms with Gasteiger partial charge < -0.3 is 5.32 Å². The first-order valence-corrected chi connectivity index (χ1v) is 7.26. The van der Waals surface area contributed by atoms with Gasteiger partial charge in [0.2, 0.25) is 10.0 Å². The van der Waals surface area contributed by atoms with Gasteiger partial charge in [-0.2, -0.15) is 0 Å². The summed E-state index contributed by atoms with van der Waals surface area (Å²) >= 11 is 0. The summed E-state index contributed by atoms with van der Waals surface area (Å²) < 4.78 is 26.8. The molecule has 0 amide bonds. The summed E-state index contributed by atoms with van der Waals surface area (Å²) in [5.41, 5.74) is 0.794.